The average molecular weight is 439 g/mol. The molecule has 2 N–H and O–H groups in total. The third kappa shape index (κ3) is 5.28. The van der Waals surface area contributed by atoms with E-state index in [1.54, 1.807) is 25.8 Å². The van der Waals surface area contributed by atoms with Gasteiger partial charge in [-0.3, -0.25) is 4.79 Å². The van der Waals surface area contributed by atoms with Crippen molar-refractivity contribution in [2.24, 2.45) is 0 Å². The van der Waals surface area contributed by atoms with E-state index in [1.165, 1.54) is 12.1 Å². The zero-order chi connectivity index (χ0) is 22.8. The standard InChI is InChI=1S/C20H24F3N5O3/c1-12-17(18(29)26-14-5-4-6-16(11-14)31-20(21,22)23)25-13(2)28(12)15-7-9-27(10-8-15)19(30)24-3/h4-6,11,15H,7-10H2,1-3H3,(H,24,30)(H,26,29). The number of alkyl halides is 3. The minimum atomic E-state index is -4.82. The predicted molar refractivity (Wildman–Crippen MR) is 107 cm³/mol. The van der Waals surface area contributed by atoms with Crippen molar-refractivity contribution in [3.05, 3.63) is 41.5 Å². The molecule has 1 saturated heterocycles. The van der Waals surface area contributed by atoms with Crippen LogP contribution < -0.4 is 15.4 Å². The van der Waals surface area contributed by atoms with Gasteiger partial charge in [-0.15, -0.1) is 13.2 Å². The first-order valence-corrected chi connectivity index (χ1v) is 9.78. The molecule has 0 atom stereocenters. The van der Waals surface area contributed by atoms with E-state index in [0.717, 1.165) is 25.0 Å². The topological polar surface area (TPSA) is 88.5 Å². The number of anilines is 1. The molecule has 0 radical (unpaired) electrons. The van der Waals surface area contributed by atoms with Crippen molar-refractivity contribution in [1.29, 1.82) is 0 Å². The summed E-state index contributed by atoms with van der Waals surface area (Å²) in [5.74, 6) is -0.284. The zero-order valence-corrected chi connectivity index (χ0v) is 17.4. The number of ether oxygens (including phenoxy) is 1. The molecule has 3 rings (SSSR count). The lowest BCUT2D eigenvalue weighted by atomic mass is 10.0. The minimum absolute atomic E-state index is 0.0958. The molecule has 31 heavy (non-hydrogen) atoms. The van der Waals surface area contributed by atoms with E-state index in [4.69, 9.17) is 0 Å². The zero-order valence-electron chi connectivity index (χ0n) is 17.4. The summed E-state index contributed by atoms with van der Waals surface area (Å²) in [4.78, 5) is 30.7. The number of benzene rings is 1. The van der Waals surface area contributed by atoms with Crippen LogP contribution in [0.2, 0.25) is 0 Å². The molecular weight excluding hydrogens is 415 g/mol. The Morgan fingerprint density at radius 2 is 1.87 bits per heavy atom. The summed E-state index contributed by atoms with van der Waals surface area (Å²) in [6.07, 6.45) is -3.37. The number of rotatable bonds is 4. The number of nitrogens with one attached hydrogen (secondary N) is 2. The maximum Gasteiger partial charge on any atom is 0.573 e. The van der Waals surface area contributed by atoms with E-state index in [2.05, 4.69) is 20.4 Å². The summed E-state index contributed by atoms with van der Waals surface area (Å²) in [6.45, 7) is 4.76. The Kier molecular flexibility index (Phi) is 6.42. The number of aromatic nitrogens is 2. The Hall–Kier alpha value is -3.24. The fourth-order valence-corrected chi connectivity index (χ4v) is 3.85. The first-order chi connectivity index (χ1) is 14.6. The highest BCUT2D eigenvalue weighted by Crippen LogP contribution is 2.28. The molecule has 0 spiro atoms. The number of carbonyl (C=O) groups excluding carboxylic acids is 2. The lowest BCUT2D eigenvalue weighted by Crippen LogP contribution is -2.43. The lowest BCUT2D eigenvalue weighted by Gasteiger charge is -2.33. The molecule has 1 aromatic heterocycles. The number of nitrogens with zero attached hydrogens (tertiary/aromatic N) is 3. The molecule has 1 aromatic carbocycles. The summed E-state index contributed by atoms with van der Waals surface area (Å²) in [7, 11) is 1.59. The highest BCUT2D eigenvalue weighted by molar-refractivity contribution is 6.03. The number of hydrogen-bond donors (Lipinski definition) is 2. The second-order valence-corrected chi connectivity index (χ2v) is 7.27. The van der Waals surface area contributed by atoms with Crippen LogP contribution in [0.25, 0.3) is 0 Å². The van der Waals surface area contributed by atoms with Crippen LogP contribution in [0.1, 0.15) is 40.9 Å². The normalized spacial score (nSPS) is 15.0. The SMILES string of the molecule is CNC(=O)N1CCC(n2c(C)nc(C(=O)Nc3cccc(OC(F)(F)F)c3)c2C)CC1. The molecule has 0 unspecified atom stereocenters. The van der Waals surface area contributed by atoms with Crippen LogP contribution in [0.4, 0.5) is 23.7 Å². The molecule has 11 heteroatoms. The van der Waals surface area contributed by atoms with Crippen LogP contribution in [0.15, 0.2) is 24.3 Å². The van der Waals surface area contributed by atoms with E-state index < -0.39 is 18.0 Å². The molecule has 168 valence electrons. The molecule has 1 fully saturated rings. The van der Waals surface area contributed by atoms with Gasteiger partial charge in [-0.25, -0.2) is 9.78 Å². The van der Waals surface area contributed by atoms with Gasteiger partial charge in [0.05, 0.1) is 0 Å². The Labute approximate surface area is 177 Å². The molecule has 8 nitrogen and oxygen atoms in total. The van der Waals surface area contributed by atoms with Gasteiger partial charge in [-0.1, -0.05) is 6.07 Å². The Bertz CT molecular complexity index is 965. The van der Waals surface area contributed by atoms with Crippen LogP contribution >= 0.6 is 0 Å². The smallest absolute Gasteiger partial charge is 0.406 e. The van der Waals surface area contributed by atoms with E-state index in [0.29, 0.717) is 24.6 Å². The van der Waals surface area contributed by atoms with Crippen molar-refractivity contribution in [3.63, 3.8) is 0 Å². The number of piperidine rings is 1. The molecule has 2 heterocycles. The van der Waals surface area contributed by atoms with Crippen LogP contribution in [0.5, 0.6) is 5.75 Å². The number of amides is 3. The maximum absolute atomic E-state index is 12.7. The number of halogens is 3. The quantitative estimate of drug-likeness (QED) is 0.762. The number of imidazole rings is 1. The number of urea groups is 1. The van der Waals surface area contributed by atoms with Gasteiger partial charge in [0.2, 0.25) is 0 Å². The van der Waals surface area contributed by atoms with E-state index in [-0.39, 0.29) is 23.5 Å². The summed E-state index contributed by atoms with van der Waals surface area (Å²) in [5.41, 5.74) is 1.03. The van der Waals surface area contributed by atoms with Gasteiger partial charge in [-0.2, -0.15) is 0 Å². The van der Waals surface area contributed by atoms with Gasteiger partial charge in [-0.05, 0) is 38.8 Å². The molecule has 3 amide bonds. The van der Waals surface area contributed by atoms with Crippen molar-refractivity contribution in [2.75, 3.05) is 25.5 Å². The second kappa shape index (κ2) is 8.86. The van der Waals surface area contributed by atoms with Crippen molar-refractivity contribution in [1.82, 2.24) is 19.8 Å². The van der Waals surface area contributed by atoms with Crippen LogP contribution in [0.3, 0.4) is 0 Å². The van der Waals surface area contributed by atoms with Gasteiger partial charge < -0.3 is 24.8 Å². The number of likely N-dealkylation sites (tertiary alicyclic amines) is 1. The third-order valence-corrected chi connectivity index (χ3v) is 5.20. The molecule has 1 aliphatic heterocycles. The van der Waals surface area contributed by atoms with Crippen LogP contribution in [-0.4, -0.2) is 52.9 Å². The molecule has 2 aromatic rings. The van der Waals surface area contributed by atoms with Gasteiger partial charge in [0.25, 0.3) is 5.91 Å². The first kappa shape index (κ1) is 22.4. The average Bonchev–Trinajstić information content (AvgIpc) is 3.00. The molecular formula is C20H24F3N5O3. The summed E-state index contributed by atoms with van der Waals surface area (Å²) in [5, 5.41) is 5.19. The monoisotopic (exact) mass is 439 g/mol. The fraction of sp³-hybridized carbons (Fsp3) is 0.450. The Morgan fingerprint density at radius 3 is 2.48 bits per heavy atom. The van der Waals surface area contributed by atoms with Crippen LogP contribution in [-0.2, 0) is 0 Å². The fourth-order valence-electron chi connectivity index (χ4n) is 3.85. The van der Waals surface area contributed by atoms with Crippen molar-refractivity contribution < 1.29 is 27.5 Å². The van der Waals surface area contributed by atoms with E-state index >= 15 is 0 Å². The maximum atomic E-state index is 12.7. The minimum Gasteiger partial charge on any atom is -0.406 e. The molecule has 0 bridgehead atoms. The highest BCUT2D eigenvalue weighted by atomic mass is 19.4. The van der Waals surface area contributed by atoms with Crippen molar-refractivity contribution in [2.45, 2.75) is 39.1 Å². The molecule has 1 aliphatic rings. The number of hydrogen-bond acceptors (Lipinski definition) is 4. The molecule has 0 saturated carbocycles. The first-order valence-electron chi connectivity index (χ1n) is 9.78. The second-order valence-electron chi connectivity index (χ2n) is 7.27. The van der Waals surface area contributed by atoms with Gasteiger partial charge in [0.1, 0.15) is 17.3 Å². The predicted octanol–water partition coefficient (Wildman–Crippen LogP) is 3.63. The van der Waals surface area contributed by atoms with Gasteiger partial charge in [0.15, 0.2) is 0 Å². The number of carbonyl (C=O) groups is 2. The van der Waals surface area contributed by atoms with Gasteiger partial charge in [0, 0.05) is 43.6 Å². The third-order valence-electron chi connectivity index (χ3n) is 5.20. The molecule has 0 aliphatic carbocycles. The summed E-state index contributed by atoms with van der Waals surface area (Å²) >= 11 is 0. The van der Waals surface area contributed by atoms with Gasteiger partial charge >= 0.3 is 12.4 Å². The lowest BCUT2D eigenvalue weighted by molar-refractivity contribution is -0.274. The Morgan fingerprint density at radius 1 is 1.19 bits per heavy atom. The number of aryl methyl sites for hydroxylation is 1. The Balaban J connectivity index is 1.73. The van der Waals surface area contributed by atoms with Crippen molar-refractivity contribution in [3.8, 4) is 5.75 Å². The summed E-state index contributed by atoms with van der Waals surface area (Å²) < 4.78 is 43.1. The van der Waals surface area contributed by atoms with E-state index in [1.807, 2.05) is 4.57 Å². The van der Waals surface area contributed by atoms with E-state index in [9.17, 15) is 22.8 Å². The van der Waals surface area contributed by atoms with Crippen LogP contribution in [0, 0.1) is 13.8 Å². The largest absolute Gasteiger partial charge is 0.573 e. The summed E-state index contributed by atoms with van der Waals surface area (Å²) in [6, 6.07) is 5.05. The van der Waals surface area contributed by atoms with Crippen molar-refractivity contribution >= 4 is 17.6 Å². The highest BCUT2D eigenvalue weighted by Gasteiger charge is 2.31.